The topological polar surface area (TPSA) is 43.4 Å². The van der Waals surface area contributed by atoms with Gasteiger partial charge in [0.15, 0.2) is 0 Å². The largest absolute Gasteiger partial charge is 0.498 e. The number of nitrogens with zero attached hydrogens (tertiary/aromatic N) is 1. The highest BCUT2D eigenvalue weighted by atomic mass is 35.5. The van der Waals surface area contributed by atoms with E-state index in [9.17, 15) is 0 Å². The van der Waals surface area contributed by atoms with Gasteiger partial charge >= 0.3 is 7.12 Å². The van der Waals surface area contributed by atoms with Gasteiger partial charge in [-0.3, -0.25) is 0 Å². The Bertz CT molecular complexity index is 449. The molecule has 0 aliphatic carbocycles. The molecule has 0 aromatic carbocycles. The van der Waals surface area contributed by atoms with Crippen molar-refractivity contribution in [3.63, 3.8) is 0 Å². The van der Waals surface area contributed by atoms with E-state index in [1.54, 1.807) is 13.1 Å². The molecule has 0 spiro atoms. The summed E-state index contributed by atoms with van der Waals surface area (Å²) in [4.78, 5) is 4.23. The van der Waals surface area contributed by atoms with Gasteiger partial charge in [-0.05, 0) is 33.8 Å². The SMILES string of the molecule is CNc1nc(Cl)ccc1B1OC(C)(C)C(C)(C)O1. The average molecular weight is 269 g/mol. The van der Waals surface area contributed by atoms with Gasteiger partial charge < -0.3 is 14.6 Å². The molecule has 2 rings (SSSR count). The average Bonchev–Trinajstić information content (AvgIpc) is 2.47. The number of anilines is 1. The van der Waals surface area contributed by atoms with Crippen LogP contribution >= 0.6 is 11.6 Å². The van der Waals surface area contributed by atoms with Gasteiger partial charge in [-0.15, -0.1) is 0 Å². The van der Waals surface area contributed by atoms with Crippen molar-refractivity contribution in [2.45, 2.75) is 38.9 Å². The second-order valence-electron chi connectivity index (χ2n) is 5.41. The van der Waals surface area contributed by atoms with E-state index in [1.807, 2.05) is 33.8 Å². The minimum Gasteiger partial charge on any atom is -0.399 e. The molecule has 2 heterocycles. The molecule has 1 fully saturated rings. The molecule has 0 radical (unpaired) electrons. The van der Waals surface area contributed by atoms with Gasteiger partial charge in [-0.1, -0.05) is 17.7 Å². The molecular weight excluding hydrogens is 250 g/mol. The molecule has 1 aromatic heterocycles. The highest BCUT2D eigenvalue weighted by Crippen LogP contribution is 2.36. The fourth-order valence-corrected chi connectivity index (χ4v) is 1.95. The normalized spacial score (nSPS) is 21.1. The third-order valence-electron chi connectivity index (χ3n) is 3.64. The van der Waals surface area contributed by atoms with Crippen molar-refractivity contribution in [2.75, 3.05) is 12.4 Å². The zero-order valence-corrected chi connectivity index (χ0v) is 12.1. The first-order valence-electron chi connectivity index (χ1n) is 5.97. The zero-order chi connectivity index (χ0) is 13.6. The first-order chi connectivity index (χ1) is 8.27. The van der Waals surface area contributed by atoms with Crippen LogP contribution in [0.3, 0.4) is 0 Å². The van der Waals surface area contributed by atoms with Gasteiger partial charge in [-0.2, -0.15) is 0 Å². The summed E-state index contributed by atoms with van der Waals surface area (Å²) in [6, 6.07) is 3.62. The van der Waals surface area contributed by atoms with E-state index in [4.69, 9.17) is 20.9 Å². The fourth-order valence-electron chi connectivity index (χ4n) is 1.81. The Balaban J connectivity index is 2.35. The molecule has 0 atom stereocenters. The summed E-state index contributed by atoms with van der Waals surface area (Å²) in [5.41, 5.74) is 0.144. The maximum atomic E-state index is 5.99. The minimum absolute atomic E-state index is 0.359. The number of hydrogen-bond donors (Lipinski definition) is 1. The van der Waals surface area contributed by atoms with E-state index in [0.29, 0.717) is 11.0 Å². The van der Waals surface area contributed by atoms with Crippen LogP contribution in [-0.4, -0.2) is 30.4 Å². The number of rotatable bonds is 2. The lowest BCUT2D eigenvalue weighted by Gasteiger charge is -2.32. The quantitative estimate of drug-likeness (QED) is 0.659. The van der Waals surface area contributed by atoms with E-state index < -0.39 is 7.12 Å². The van der Waals surface area contributed by atoms with Crippen LogP contribution in [0, 0.1) is 0 Å². The molecule has 0 unspecified atom stereocenters. The number of hydrogen-bond acceptors (Lipinski definition) is 4. The molecular formula is C12H18BClN2O2. The molecule has 0 saturated carbocycles. The molecule has 1 N–H and O–H groups in total. The highest BCUT2D eigenvalue weighted by molar-refractivity contribution is 6.63. The van der Waals surface area contributed by atoms with Crippen molar-refractivity contribution < 1.29 is 9.31 Å². The van der Waals surface area contributed by atoms with E-state index in [1.165, 1.54) is 0 Å². The number of pyridine rings is 1. The molecule has 98 valence electrons. The van der Waals surface area contributed by atoms with Crippen LogP contribution in [0.1, 0.15) is 27.7 Å². The molecule has 1 aliphatic heterocycles. The van der Waals surface area contributed by atoms with Crippen molar-refractivity contribution >= 4 is 30.0 Å². The summed E-state index contributed by atoms with van der Waals surface area (Å²) in [7, 11) is 1.37. The van der Waals surface area contributed by atoms with E-state index in [0.717, 1.165) is 5.46 Å². The summed E-state index contributed by atoms with van der Waals surface area (Å²) in [6.45, 7) is 8.09. The third-order valence-corrected chi connectivity index (χ3v) is 3.85. The molecule has 1 saturated heterocycles. The number of aromatic nitrogens is 1. The van der Waals surface area contributed by atoms with Crippen molar-refractivity contribution in [1.82, 2.24) is 4.98 Å². The molecule has 1 aromatic rings. The van der Waals surface area contributed by atoms with Gasteiger partial charge in [0.1, 0.15) is 11.0 Å². The Kier molecular flexibility index (Phi) is 3.34. The summed E-state index contributed by atoms with van der Waals surface area (Å²) >= 11 is 5.88. The van der Waals surface area contributed by atoms with Crippen molar-refractivity contribution in [2.24, 2.45) is 0 Å². The van der Waals surface area contributed by atoms with E-state index >= 15 is 0 Å². The maximum Gasteiger partial charge on any atom is 0.498 e. The van der Waals surface area contributed by atoms with Crippen LogP contribution in [0.25, 0.3) is 0 Å². The van der Waals surface area contributed by atoms with Crippen molar-refractivity contribution in [3.8, 4) is 0 Å². The predicted molar refractivity (Wildman–Crippen MR) is 74.5 cm³/mol. The second-order valence-corrected chi connectivity index (χ2v) is 5.80. The van der Waals surface area contributed by atoms with Gasteiger partial charge in [0.25, 0.3) is 0 Å². The van der Waals surface area contributed by atoms with Crippen molar-refractivity contribution in [1.29, 1.82) is 0 Å². The molecule has 0 bridgehead atoms. The summed E-state index contributed by atoms with van der Waals surface area (Å²) < 4.78 is 12.0. The zero-order valence-electron chi connectivity index (χ0n) is 11.4. The molecule has 1 aliphatic rings. The van der Waals surface area contributed by atoms with Crippen molar-refractivity contribution in [3.05, 3.63) is 17.3 Å². The minimum atomic E-state index is -0.429. The van der Waals surface area contributed by atoms with E-state index in [-0.39, 0.29) is 11.2 Å². The van der Waals surface area contributed by atoms with Crippen LogP contribution in [0.2, 0.25) is 5.15 Å². The Hall–Kier alpha value is -0.775. The van der Waals surface area contributed by atoms with Gasteiger partial charge in [0.05, 0.1) is 11.2 Å². The molecule has 18 heavy (non-hydrogen) atoms. The standard InChI is InChI=1S/C12H18BClN2O2/c1-11(2)12(3,4)18-13(17-11)8-6-7-9(14)16-10(8)15-5/h6-7H,1-5H3,(H,15,16). The Morgan fingerprint density at radius 2 is 1.72 bits per heavy atom. The maximum absolute atomic E-state index is 5.99. The van der Waals surface area contributed by atoms with Crippen LogP contribution < -0.4 is 10.8 Å². The lowest BCUT2D eigenvalue weighted by molar-refractivity contribution is 0.00578. The molecule has 6 heteroatoms. The Labute approximate surface area is 113 Å². The van der Waals surface area contributed by atoms with Crippen LogP contribution in [0.15, 0.2) is 12.1 Å². The predicted octanol–water partition coefficient (Wildman–Crippen LogP) is 2.08. The first-order valence-corrected chi connectivity index (χ1v) is 6.34. The summed E-state index contributed by atoms with van der Waals surface area (Å²) in [5, 5.41) is 3.46. The smallest absolute Gasteiger partial charge is 0.399 e. The van der Waals surface area contributed by atoms with Crippen LogP contribution in [-0.2, 0) is 9.31 Å². The van der Waals surface area contributed by atoms with E-state index in [2.05, 4.69) is 10.3 Å². The highest BCUT2D eigenvalue weighted by Gasteiger charge is 2.52. The summed E-state index contributed by atoms with van der Waals surface area (Å²) in [6.07, 6.45) is 0. The number of halogens is 1. The number of nitrogens with one attached hydrogen (secondary N) is 1. The second kappa shape index (κ2) is 4.40. The Morgan fingerprint density at radius 1 is 1.17 bits per heavy atom. The lowest BCUT2D eigenvalue weighted by Crippen LogP contribution is -2.41. The lowest BCUT2D eigenvalue weighted by atomic mass is 9.79. The fraction of sp³-hybridized carbons (Fsp3) is 0.583. The monoisotopic (exact) mass is 268 g/mol. The first kappa shape index (κ1) is 13.7. The van der Waals surface area contributed by atoms with Crippen LogP contribution in [0.5, 0.6) is 0 Å². The van der Waals surface area contributed by atoms with Gasteiger partial charge in [-0.25, -0.2) is 4.98 Å². The third kappa shape index (κ3) is 2.22. The van der Waals surface area contributed by atoms with Gasteiger partial charge in [0.2, 0.25) is 0 Å². The van der Waals surface area contributed by atoms with Gasteiger partial charge in [0, 0.05) is 12.5 Å². The molecule has 4 nitrogen and oxygen atoms in total. The van der Waals surface area contributed by atoms with Crippen LogP contribution in [0.4, 0.5) is 5.82 Å². The molecule has 0 amide bonds. The summed E-state index contributed by atoms with van der Waals surface area (Å²) in [5.74, 6) is 0.681. The Morgan fingerprint density at radius 3 is 2.22 bits per heavy atom.